The summed E-state index contributed by atoms with van der Waals surface area (Å²) < 4.78 is 43.4. The van der Waals surface area contributed by atoms with Gasteiger partial charge < -0.3 is 14.3 Å². The van der Waals surface area contributed by atoms with E-state index in [0.717, 1.165) is 29.8 Å². The molecule has 0 N–H and O–H groups in total. The molecule has 6 rings (SSSR count). The third kappa shape index (κ3) is 6.89. The molecule has 10 nitrogen and oxygen atoms in total. The van der Waals surface area contributed by atoms with Crippen LogP contribution in [0.4, 0.5) is 13.6 Å². The Morgan fingerprint density at radius 1 is 1.04 bits per heavy atom. The average Bonchev–Trinajstić information content (AvgIpc) is 3.31. The van der Waals surface area contributed by atoms with Crippen molar-refractivity contribution in [1.29, 1.82) is 0 Å². The van der Waals surface area contributed by atoms with Gasteiger partial charge in [-0.15, -0.1) is 5.06 Å². The molecule has 0 atom stereocenters. The highest BCUT2D eigenvalue weighted by molar-refractivity contribution is 5.92. The molecule has 4 aromatic rings. The summed E-state index contributed by atoms with van der Waals surface area (Å²) in [6.45, 7) is 13.0. The van der Waals surface area contributed by atoms with Crippen LogP contribution in [-0.2, 0) is 20.9 Å². The first kappa shape index (κ1) is 32.0. The molecule has 46 heavy (non-hydrogen) atoms. The minimum Gasteiger partial charge on any atom is -0.427 e. The number of nitrogens with zero attached hydrogens (tertiary/aromatic N) is 6. The van der Waals surface area contributed by atoms with Crippen LogP contribution in [-0.4, -0.2) is 80.9 Å². The predicted molar refractivity (Wildman–Crippen MR) is 169 cm³/mol. The van der Waals surface area contributed by atoms with Crippen molar-refractivity contribution in [2.24, 2.45) is 0 Å². The molecule has 2 saturated heterocycles. The molecule has 2 aliphatic rings. The van der Waals surface area contributed by atoms with Gasteiger partial charge in [0.05, 0.1) is 47.9 Å². The molecule has 0 bridgehead atoms. The monoisotopic (exact) mass is 634 g/mol. The molecule has 2 aromatic carbocycles. The van der Waals surface area contributed by atoms with Crippen LogP contribution in [0.15, 0.2) is 36.5 Å². The molecule has 0 aliphatic carbocycles. The maximum atomic E-state index is 15.4. The number of fused-ring (bicyclic) bond motifs is 1. The summed E-state index contributed by atoms with van der Waals surface area (Å²) in [6, 6.07) is 8.34. The molecular formula is C34H40F2N6O4. The fourth-order valence-electron chi connectivity index (χ4n) is 6.22. The number of carbonyl (C=O) groups is 1. The number of halogens is 2. The lowest BCUT2D eigenvalue weighted by Crippen LogP contribution is -2.38. The van der Waals surface area contributed by atoms with E-state index in [1.807, 2.05) is 41.6 Å². The zero-order valence-corrected chi connectivity index (χ0v) is 27.0. The molecule has 4 heterocycles. The van der Waals surface area contributed by atoms with Crippen molar-refractivity contribution in [2.75, 3.05) is 39.4 Å². The molecule has 12 heteroatoms. The average molecular weight is 635 g/mol. The highest BCUT2D eigenvalue weighted by atomic mass is 19.1. The molecule has 0 saturated carbocycles. The van der Waals surface area contributed by atoms with Gasteiger partial charge in [-0.3, -0.25) is 14.6 Å². The molecule has 2 aromatic heterocycles. The van der Waals surface area contributed by atoms with E-state index in [1.54, 1.807) is 32.0 Å². The summed E-state index contributed by atoms with van der Waals surface area (Å²) in [6.07, 6.45) is 2.48. The number of ether oxygens (including phenoxy) is 2. The lowest BCUT2D eigenvalue weighted by Gasteiger charge is -2.31. The third-order valence-corrected chi connectivity index (χ3v) is 8.45. The van der Waals surface area contributed by atoms with Crippen LogP contribution in [0, 0.1) is 25.5 Å². The SMILES string of the molecule is Cc1nn(C2CCN(OC(=O)OC(C)(C)C)CC2)c(C)c1-c1cnc2cccc(-c3cc(F)c(CN4CCOCC4)c(F)c3)c2n1. The number of aromatic nitrogens is 4. The van der Waals surface area contributed by atoms with Gasteiger partial charge in [-0.2, -0.15) is 5.10 Å². The molecule has 0 radical (unpaired) electrons. The van der Waals surface area contributed by atoms with Gasteiger partial charge in [-0.25, -0.2) is 18.6 Å². The Bertz CT molecular complexity index is 1720. The second-order valence-corrected chi connectivity index (χ2v) is 12.9. The molecule has 2 aliphatic heterocycles. The summed E-state index contributed by atoms with van der Waals surface area (Å²) >= 11 is 0. The predicted octanol–water partition coefficient (Wildman–Crippen LogP) is 6.39. The molecule has 0 unspecified atom stereocenters. The maximum Gasteiger partial charge on any atom is 0.528 e. The zero-order chi connectivity index (χ0) is 32.6. The number of carbonyl (C=O) groups excluding carboxylic acids is 1. The Morgan fingerprint density at radius 2 is 1.74 bits per heavy atom. The number of para-hydroxylation sites is 1. The van der Waals surface area contributed by atoms with Crippen LogP contribution in [0.3, 0.4) is 0 Å². The van der Waals surface area contributed by atoms with Crippen LogP contribution in [0.1, 0.15) is 56.6 Å². The number of benzene rings is 2. The smallest absolute Gasteiger partial charge is 0.427 e. The number of hydrogen-bond acceptors (Lipinski definition) is 9. The van der Waals surface area contributed by atoms with Crippen LogP contribution >= 0.6 is 0 Å². The Kier molecular flexibility index (Phi) is 9.04. The first-order valence-corrected chi connectivity index (χ1v) is 15.7. The van der Waals surface area contributed by atoms with Crippen LogP contribution in [0.25, 0.3) is 33.4 Å². The minimum absolute atomic E-state index is 0.0542. The maximum absolute atomic E-state index is 15.4. The highest BCUT2D eigenvalue weighted by Crippen LogP contribution is 2.34. The normalized spacial score (nSPS) is 17.0. The van der Waals surface area contributed by atoms with Crippen LogP contribution in [0.2, 0.25) is 0 Å². The summed E-state index contributed by atoms with van der Waals surface area (Å²) in [4.78, 5) is 29.2. The number of hydroxylamine groups is 2. The highest BCUT2D eigenvalue weighted by Gasteiger charge is 2.28. The van der Waals surface area contributed by atoms with E-state index in [9.17, 15) is 4.79 Å². The summed E-state index contributed by atoms with van der Waals surface area (Å²) in [5.74, 6) is -1.17. The number of hydrogen-bond donors (Lipinski definition) is 0. The van der Waals surface area contributed by atoms with Crippen molar-refractivity contribution in [3.63, 3.8) is 0 Å². The van der Waals surface area contributed by atoms with E-state index in [4.69, 9.17) is 24.4 Å². The second-order valence-electron chi connectivity index (χ2n) is 12.9. The largest absolute Gasteiger partial charge is 0.528 e. The topological polar surface area (TPSA) is 94.8 Å². The van der Waals surface area contributed by atoms with Crippen molar-refractivity contribution in [1.82, 2.24) is 29.7 Å². The van der Waals surface area contributed by atoms with Crippen molar-refractivity contribution in [3.05, 3.63) is 65.1 Å². The van der Waals surface area contributed by atoms with Gasteiger partial charge in [0.2, 0.25) is 0 Å². The quantitative estimate of drug-likeness (QED) is 0.224. The lowest BCUT2D eigenvalue weighted by molar-refractivity contribution is -0.154. The second kappa shape index (κ2) is 13.0. The van der Waals surface area contributed by atoms with Gasteiger partial charge in [0, 0.05) is 55.1 Å². The Hall–Kier alpha value is -4.00. The van der Waals surface area contributed by atoms with Crippen molar-refractivity contribution < 1.29 is 27.9 Å². The van der Waals surface area contributed by atoms with E-state index in [1.165, 1.54) is 12.1 Å². The van der Waals surface area contributed by atoms with Gasteiger partial charge in [0.15, 0.2) is 0 Å². The Balaban J connectivity index is 1.24. The molecule has 0 spiro atoms. The van der Waals surface area contributed by atoms with Gasteiger partial charge in [-0.1, -0.05) is 12.1 Å². The molecule has 0 amide bonds. The fourth-order valence-corrected chi connectivity index (χ4v) is 6.22. The van der Waals surface area contributed by atoms with Crippen molar-refractivity contribution in [2.45, 2.75) is 65.6 Å². The van der Waals surface area contributed by atoms with Gasteiger partial charge >= 0.3 is 6.16 Å². The number of rotatable bonds is 6. The number of piperidine rings is 1. The van der Waals surface area contributed by atoms with E-state index in [0.29, 0.717) is 67.2 Å². The standard InChI is InChI=1S/C34H40F2N6O4/c1-21-31(22(2)42(39-21)24-9-11-41(12-10-24)46-33(43)45-34(3,4)5)30-19-37-29-8-6-7-25(32(29)38-30)23-17-27(35)26(28(36)18-23)20-40-13-15-44-16-14-40/h6-8,17-19,24H,9-16,20H2,1-5H3. The van der Waals surface area contributed by atoms with E-state index in [-0.39, 0.29) is 18.2 Å². The van der Waals surface area contributed by atoms with Crippen LogP contribution < -0.4 is 0 Å². The fraction of sp³-hybridized carbons (Fsp3) is 0.471. The minimum atomic E-state index is -0.706. The Labute approximate surface area is 267 Å². The van der Waals surface area contributed by atoms with E-state index >= 15 is 8.78 Å². The van der Waals surface area contributed by atoms with Gasteiger partial charge in [-0.05, 0) is 71.2 Å². The Morgan fingerprint density at radius 3 is 2.41 bits per heavy atom. The third-order valence-electron chi connectivity index (χ3n) is 8.45. The van der Waals surface area contributed by atoms with E-state index < -0.39 is 23.4 Å². The summed E-state index contributed by atoms with van der Waals surface area (Å²) in [7, 11) is 0. The molecular weight excluding hydrogens is 594 g/mol. The molecule has 2 fully saturated rings. The first-order chi connectivity index (χ1) is 22.0. The van der Waals surface area contributed by atoms with Gasteiger partial charge in [0.1, 0.15) is 17.2 Å². The summed E-state index contributed by atoms with van der Waals surface area (Å²) in [5, 5.41) is 6.51. The molecule has 244 valence electrons. The number of aryl methyl sites for hydroxylation is 1. The zero-order valence-electron chi connectivity index (χ0n) is 27.0. The lowest BCUT2D eigenvalue weighted by atomic mass is 10.0. The van der Waals surface area contributed by atoms with Crippen LogP contribution in [0.5, 0.6) is 0 Å². The van der Waals surface area contributed by atoms with Gasteiger partial charge in [0.25, 0.3) is 0 Å². The van der Waals surface area contributed by atoms with Crippen molar-refractivity contribution in [3.8, 4) is 22.4 Å². The first-order valence-electron chi connectivity index (χ1n) is 15.7. The summed E-state index contributed by atoms with van der Waals surface area (Å²) in [5.41, 5.74) is 4.87. The van der Waals surface area contributed by atoms with E-state index in [2.05, 4.69) is 4.98 Å². The van der Waals surface area contributed by atoms with Crippen molar-refractivity contribution >= 4 is 17.2 Å². The number of morpholine rings is 1.